The van der Waals surface area contributed by atoms with E-state index in [1.807, 2.05) is 17.2 Å². The summed E-state index contributed by atoms with van der Waals surface area (Å²) in [7, 11) is 0. The monoisotopic (exact) mass is 303 g/mol. The molecule has 0 radical (unpaired) electrons. The summed E-state index contributed by atoms with van der Waals surface area (Å²) in [5, 5.41) is 2.99. The zero-order valence-electron chi connectivity index (χ0n) is 11.8. The second-order valence-corrected chi connectivity index (χ2v) is 5.89. The standard InChI is InChI=1S/C14H17N5OS/c1-10-8-11(9-12(15)17-10)13(20)18-3-5-19(6-4-18)14-16-2-7-21-14/h2,7-9H,3-6H2,1H3,(H2,15,17). The van der Waals surface area contributed by atoms with Gasteiger partial charge in [-0.15, -0.1) is 11.3 Å². The molecule has 3 heterocycles. The van der Waals surface area contributed by atoms with Crippen molar-refractivity contribution in [3.63, 3.8) is 0 Å². The predicted molar refractivity (Wildman–Crippen MR) is 83.6 cm³/mol. The summed E-state index contributed by atoms with van der Waals surface area (Å²) in [6.45, 7) is 4.84. The van der Waals surface area contributed by atoms with Crippen LogP contribution in [0.5, 0.6) is 0 Å². The van der Waals surface area contributed by atoms with Crippen molar-refractivity contribution in [1.29, 1.82) is 0 Å². The number of rotatable bonds is 2. The molecule has 1 aliphatic heterocycles. The maximum Gasteiger partial charge on any atom is 0.254 e. The average molecular weight is 303 g/mol. The van der Waals surface area contributed by atoms with Crippen molar-refractivity contribution in [2.45, 2.75) is 6.92 Å². The summed E-state index contributed by atoms with van der Waals surface area (Å²) >= 11 is 1.63. The molecule has 1 fully saturated rings. The van der Waals surface area contributed by atoms with Crippen LogP contribution in [0.25, 0.3) is 0 Å². The number of thiazole rings is 1. The van der Waals surface area contributed by atoms with Crippen LogP contribution in [-0.2, 0) is 0 Å². The first-order chi connectivity index (χ1) is 10.1. The Balaban J connectivity index is 1.67. The highest BCUT2D eigenvalue weighted by atomic mass is 32.1. The first-order valence-corrected chi connectivity index (χ1v) is 7.69. The van der Waals surface area contributed by atoms with Crippen molar-refractivity contribution in [2.24, 2.45) is 0 Å². The van der Waals surface area contributed by atoms with E-state index in [2.05, 4.69) is 14.9 Å². The van der Waals surface area contributed by atoms with E-state index in [4.69, 9.17) is 5.73 Å². The van der Waals surface area contributed by atoms with Gasteiger partial charge < -0.3 is 15.5 Å². The molecule has 2 N–H and O–H groups in total. The van der Waals surface area contributed by atoms with E-state index >= 15 is 0 Å². The molecule has 0 saturated carbocycles. The van der Waals surface area contributed by atoms with Crippen LogP contribution in [0.1, 0.15) is 16.1 Å². The SMILES string of the molecule is Cc1cc(C(=O)N2CCN(c3nccs3)CC2)cc(N)n1. The lowest BCUT2D eigenvalue weighted by Gasteiger charge is -2.34. The fraction of sp³-hybridized carbons (Fsp3) is 0.357. The molecule has 7 heteroatoms. The van der Waals surface area contributed by atoms with E-state index in [1.165, 1.54) is 0 Å². The first-order valence-electron chi connectivity index (χ1n) is 6.81. The third kappa shape index (κ3) is 2.97. The molecular formula is C14H17N5OS. The molecule has 3 rings (SSSR count). The van der Waals surface area contributed by atoms with Gasteiger partial charge >= 0.3 is 0 Å². The van der Waals surface area contributed by atoms with Gasteiger partial charge in [0.15, 0.2) is 5.13 Å². The van der Waals surface area contributed by atoms with Crippen molar-refractivity contribution < 1.29 is 4.79 Å². The molecule has 1 saturated heterocycles. The quantitative estimate of drug-likeness (QED) is 0.907. The Hall–Kier alpha value is -2.15. The van der Waals surface area contributed by atoms with E-state index in [0.29, 0.717) is 24.5 Å². The van der Waals surface area contributed by atoms with Crippen LogP contribution in [0.3, 0.4) is 0 Å². The van der Waals surface area contributed by atoms with Crippen LogP contribution in [0.2, 0.25) is 0 Å². The Morgan fingerprint density at radius 3 is 2.67 bits per heavy atom. The van der Waals surface area contributed by atoms with E-state index in [0.717, 1.165) is 23.9 Å². The molecule has 2 aromatic heterocycles. The molecule has 0 aromatic carbocycles. The number of aromatic nitrogens is 2. The van der Waals surface area contributed by atoms with Crippen LogP contribution < -0.4 is 10.6 Å². The smallest absolute Gasteiger partial charge is 0.254 e. The summed E-state index contributed by atoms with van der Waals surface area (Å²) < 4.78 is 0. The van der Waals surface area contributed by atoms with E-state index in [1.54, 1.807) is 29.7 Å². The third-order valence-corrected chi connectivity index (χ3v) is 4.31. The maximum atomic E-state index is 12.5. The number of nitrogens with two attached hydrogens (primary N) is 1. The zero-order valence-corrected chi connectivity index (χ0v) is 12.6. The number of aryl methyl sites for hydroxylation is 1. The molecule has 0 aliphatic carbocycles. The number of carbonyl (C=O) groups excluding carboxylic acids is 1. The van der Waals surface area contributed by atoms with Gasteiger partial charge in [-0.25, -0.2) is 9.97 Å². The molecule has 21 heavy (non-hydrogen) atoms. The predicted octanol–water partition coefficient (Wildman–Crippen LogP) is 1.39. The summed E-state index contributed by atoms with van der Waals surface area (Å²) in [5.41, 5.74) is 7.09. The van der Waals surface area contributed by atoms with Gasteiger partial charge in [-0.05, 0) is 19.1 Å². The summed E-state index contributed by atoms with van der Waals surface area (Å²) in [6.07, 6.45) is 1.81. The third-order valence-electron chi connectivity index (χ3n) is 3.48. The number of hydrogen-bond donors (Lipinski definition) is 1. The van der Waals surface area contributed by atoms with Crippen molar-refractivity contribution in [1.82, 2.24) is 14.9 Å². The molecular weight excluding hydrogens is 286 g/mol. The molecule has 1 aliphatic rings. The largest absolute Gasteiger partial charge is 0.384 e. The normalized spacial score (nSPS) is 15.3. The highest BCUT2D eigenvalue weighted by molar-refractivity contribution is 7.13. The highest BCUT2D eigenvalue weighted by Gasteiger charge is 2.23. The molecule has 0 bridgehead atoms. The van der Waals surface area contributed by atoms with Crippen molar-refractivity contribution in [3.8, 4) is 0 Å². The van der Waals surface area contributed by atoms with Crippen LogP contribution >= 0.6 is 11.3 Å². The fourth-order valence-corrected chi connectivity index (χ4v) is 3.17. The van der Waals surface area contributed by atoms with E-state index in [9.17, 15) is 4.79 Å². The molecule has 1 amide bonds. The minimum atomic E-state index is 0.0194. The summed E-state index contributed by atoms with van der Waals surface area (Å²) in [6, 6.07) is 3.43. The van der Waals surface area contributed by atoms with Crippen molar-refractivity contribution in [2.75, 3.05) is 36.8 Å². The van der Waals surface area contributed by atoms with Crippen LogP contribution in [-0.4, -0.2) is 47.0 Å². The molecule has 0 atom stereocenters. The second-order valence-electron chi connectivity index (χ2n) is 5.02. The molecule has 110 valence electrons. The van der Waals surface area contributed by atoms with Gasteiger partial charge in [0.05, 0.1) is 0 Å². The van der Waals surface area contributed by atoms with Crippen molar-refractivity contribution in [3.05, 3.63) is 35.0 Å². The van der Waals surface area contributed by atoms with Gasteiger partial charge in [0.1, 0.15) is 5.82 Å². The topological polar surface area (TPSA) is 75.4 Å². The molecule has 0 spiro atoms. The number of amides is 1. The molecule has 2 aromatic rings. The average Bonchev–Trinajstić information content (AvgIpc) is 3.00. The number of carbonyl (C=O) groups is 1. The van der Waals surface area contributed by atoms with Gasteiger partial charge in [0.2, 0.25) is 0 Å². The lowest BCUT2D eigenvalue weighted by molar-refractivity contribution is 0.0746. The Kier molecular flexibility index (Phi) is 3.74. The lowest BCUT2D eigenvalue weighted by atomic mass is 10.2. The van der Waals surface area contributed by atoms with Gasteiger partial charge in [-0.2, -0.15) is 0 Å². The van der Waals surface area contributed by atoms with Gasteiger partial charge in [0, 0.05) is 49.0 Å². The van der Waals surface area contributed by atoms with Crippen molar-refractivity contribution >= 4 is 28.2 Å². The van der Waals surface area contributed by atoms with Gasteiger partial charge in [0.25, 0.3) is 5.91 Å². The number of anilines is 2. The Bertz CT molecular complexity index is 615. The Labute approximate surface area is 127 Å². The number of hydrogen-bond acceptors (Lipinski definition) is 6. The summed E-state index contributed by atoms with van der Waals surface area (Å²) in [4.78, 5) is 25.0. The Morgan fingerprint density at radius 2 is 2.05 bits per heavy atom. The minimum Gasteiger partial charge on any atom is -0.384 e. The lowest BCUT2D eigenvalue weighted by Crippen LogP contribution is -2.48. The number of nitrogen functional groups attached to an aromatic ring is 1. The first kappa shape index (κ1) is 13.8. The summed E-state index contributed by atoms with van der Waals surface area (Å²) in [5.74, 6) is 0.408. The Morgan fingerprint density at radius 1 is 1.29 bits per heavy atom. The number of nitrogens with zero attached hydrogens (tertiary/aromatic N) is 4. The van der Waals surface area contributed by atoms with Crippen LogP contribution in [0.4, 0.5) is 10.9 Å². The zero-order chi connectivity index (χ0) is 14.8. The highest BCUT2D eigenvalue weighted by Crippen LogP contribution is 2.20. The van der Waals surface area contributed by atoms with Crippen LogP contribution in [0.15, 0.2) is 23.7 Å². The van der Waals surface area contributed by atoms with E-state index < -0.39 is 0 Å². The van der Waals surface area contributed by atoms with Gasteiger partial charge in [-0.3, -0.25) is 4.79 Å². The van der Waals surface area contributed by atoms with Crippen LogP contribution in [0, 0.1) is 6.92 Å². The number of piperazine rings is 1. The van der Waals surface area contributed by atoms with Gasteiger partial charge in [-0.1, -0.05) is 0 Å². The number of pyridine rings is 1. The second kappa shape index (κ2) is 5.69. The minimum absolute atomic E-state index is 0.0194. The fourth-order valence-electron chi connectivity index (χ4n) is 2.47. The molecule has 0 unspecified atom stereocenters. The molecule has 6 nitrogen and oxygen atoms in total. The van der Waals surface area contributed by atoms with E-state index in [-0.39, 0.29) is 5.91 Å². The maximum absolute atomic E-state index is 12.5.